The van der Waals surface area contributed by atoms with Crippen LogP contribution in [0.1, 0.15) is 10.5 Å². The van der Waals surface area contributed by atoms with Crippen molar-refractivity contribution >= 4 is 38.7 Å². The summed E-state index contributed by atoms with van der Waals surface area (Å²) >= 11 is 0. The molecule has 0 atom stereocenters. The van der Waals surface area contributed by atoms with Crippen molar-refractivity contribution in [2.24, 2.45) is 0 Å². The van der Waals surface area contributed by atoms with Gasteiger partial charge in [0.1, 0.15) is 17.2 Å². The number of aromatic amines is 1. The first kappa shape index (κ1) is 15.5. The molecule has 0 unspecified atom stereocenters. The number of hydrogen-bond acceptors (Lipinski definition) is 3. The molecule has 0 fully saturated rings. The number of hydrogen-bond donors (Lipinski definition) is 2. The highest BCUT2D eigenvalue weighted by molar-refractivity contribution is 6.12. The Hall–Kier alpha value is -3.80. The van der Waals surface area contributed by atoms with Crippen LogP contribution in [-0.4, -0.2) is 26.0 Å². The minimum absolute atomic E-state index is 0.0855. The standard InChI is InChI=1S/C21H12FN3O2/c22-12-6-7-13-14-10-18(21(26)27)25-20(19(14)24-17(13)9-12)16-8-5-11-3-1-2-4-15(11)23-16/h1-10,24H,(H,26,27). The van der Waals surface area contributed by atoms with Gasteiger partial charge in [0.05, 0.1) is 16.7 Å². The van der Waals surface area contributed by atoms with Gasteiger partial charge < -0.3 is 10.1 Å². The number of carboxylic acids is 1. The predicted octanol–water partition coefficient (Wildman–Crippen LogP) is 4.77. The lowest BCUT2D eigenvalue weighted by Crippen LogP contribution is -2.02. The minimum atomic E-state index is -1.13. The summed E-state index contributed by atoms with van der Waals surface area (Å²) in [6.07, 6.45) is 0. The van der Waals surface area contributed by atoms with E-state index in [1.807, 2.05) is 36.4 Å². The summed E-state index contributed by atoms with van der Waals surface area (Å²) in [4.78, 5) is 23.7. The number of nitrogens with zero attached hydrogens (tertiary/aromatic N) is 2. The first-order valence-electron chi connectivity index (χ1n) is 8.31. The summed E-state index contributed by atoms with van der Waals surface area (Å²) in [5, 5.41) is 11.9. The fourth-order valence-electron chi connectivity index (χ4n) is 3.37. The van der Waals surface area contributed by atoms with E-state index in [4.69, 9.17) is 0 Å². The Morgan fingerprint density at radius 1 is 0.963 bits per heavy atom. The summed E-state index contributed by atoms with van der Waals surface area (Å²) in [7, 11) is 0. The first-order valence-corrected chi connectivity index (χ1v) is 8.31. The number of nitrogens with one attached hydrogen (secondary N) is 1. The number of aromatic carboxylic acids is 1. The van der Waals surface area contributed by atoms with Crippen LogP contribution in [0.3, 0.4) is 0 Å². The van der Waals surface area contributed by atoms with Gasteiger partial charge >= 0.3 is 5.97 Å². The maximum absolute atomic E-state index is 13.6. The lowest BCUT2D eigenvalue weighted by atomic mass is 10.1. The summed E-state index contributed by atoms with van der Waals surface area (Å²) in [5.74, 6) is -1.50. The van der Waals surface area contributed by atoms with Gasteiger partial charge in [0.25, 0.3) is 0 Å². The largest absolute Gasteiger partial charge is 0.477 e. The number of pyridine rings is 2. The average molecular weight is 357 g/mol. The van der Waals surface area contributed by atoms with Crippen molar-refractivity contribution in [2.45, 2.75) is 0 Å². The zero-order valence-electron chi connectivity index (χ0n) is 13.9. The zero-order valence-corrected chi connectivity index (χ0v) is 13.9. The predicted molar refractivity (Wildman–Crippen MR) is 101 cm³/mol. The molecule has 3 aromatic heterocycles. The number of rotatable bonds is 2. The molecule has 6 heteroatoms. The number of aromatic nitrogens is 3. The summed E-state index contributed by atoms with van der Waals surface area (Å²) in [6, 6.07) is 17.2. The smallest absolute Gasteiger partial charge is 0.354 e. The van der Waals surface area contributed by atoms with E-state index in [-0.39, 0.29) is 11.5 Å². The molecule has 0 aliphatic heterocycles. The van der Waals surface area contributed by atoms with Gasteiger partial charge in [0.2, 0.25) is 0 Å². The third kappa shape index (κ3) is 2.42. The van der Waals surface area contributed by atoms with Crippen LogP contribution in [0.5, 0.6) is 0 Å². The second kappa shape index (κ2) is 5.60. The summed E-state index contributed by atoms with van der Waals surface area (Å²) < 4.78 is 13.6. The van der Waals surface area contributed by atoms with Crippen LogP contribution in [0.2, 0.25) is 0 Å². The van der Waals surface area contributed by atoms with Crippen LogP contribution in [0, 0.1) is 5.82 Å². The normalized spacial score (nSPS) is 11.4. The van der Waals surface area contributed by atoms with E-state index in [0.717, 1.165) is 16.3 Å². The molecule has 0 bridgehead atoms. The van der Waals surface area contributed by atoms with Gasteiger partial charge in [0.15, 0.2) is 0 Å². The molecule has 5 nitrogen and oxygen atoms in total. The van der Waals surface area contributed by atoms with Crippen molar-refractivity contribution in [3.8, 4) is 11.4 Å². The monoisotopic (exact) mass is 357 g/mol. The van der Waals surface area contributed by atoms with E-state index in [1.54, 1.807) is 6.07 Å². The van der Waals surface area contributed by atoms with E-state index in [2.05, 4.69) is 15.0 Å². The van der Waals surface area contributed by atoms with Crippen LogP contribution in [0.25, 0.3) is 44.1 Å². The Morgan fingerprint density at radius 2 is 1.81 bits per heavy atom. The molecule has 0 aliphatic carbocycles. The molecular formula is C21H12FN3O2. The fourth-order valence-corrected chi connectivity index (χ4v) is 3.37. The number of fused-ring (bicyclic) bond motifs is 4. The van der Waals surface area contributed by atoms with Gasteiger partial charge in [-0.15, -0.1) is 0 Å². The summed E-state index contributed by atoms with van der Waals surface area (Å²) in [6.45, 7) is 0. The third-order valence-corrected chi connectivity index (χ3v) is 4.61. The van der Waals surface area contributed by atoms with Crippen molar-refractivity contribution < 1.29 is 14.3 Å². The van der Waals surface area contributed by atoms with E-state index < -0.39 is 5.97 Å². The molecule has 27 heavy (non-hydrogen) atoms. The number of benzene rings is 2. The Labute approximate surface area is 152 Å². The Kier molecular flexibility index (Phi) is 3.21. The Balaban J connectivity index is 1.88. The van der Waals surface area contributed by atoms with Crippen LogP contribution < -0.4 is 0 Å². The lowest BCUT2D eigenvalue weighted by molar-refractivity contribution is 0.0691. The molecule has 2 aromatic carbocycles. The van der Waals surface area contributed by atoms with E-state index >= 15 is 0 Å². The highest BCUT2D eigenvalue weighted by Crippen LogP contribution is 2.33. The fraction of sp³-hybridized carbons (Fsp3) is 0. The number of H-pyrrole nitrogens is 1. The first-order chi connectivity index (χ1) is 13.1. The van der Waals surface area contributed by atoms with Crippen molar-refractivity contribution in [3.05, 3.63) is 72.2 Å². The van der Waals surface area contributed by atoms with Crippen molar-refractivity contribution in [1.29, 1.82) is 0 Å². The third-order valence-electron chi connectivity index (χ3n) is 4.61. The maximum atomic E-state index is 13.6. The van der Waals surface area contributed by atoms with E-state index in [1.165, 1.54) is 18.2 Å². The molecular weight excluding hydrogens is 345 g/mol. The molecule has 130 valence electrons. The molecule has 0 spiro atoms. The second-order valence-electron chi connectivity index (χ2n) is 6.29. The van der Waals surface area contributed by atoms with Gasteiger partial charge in [0, 0.05) is 21.7 Å². The zero-order chi connectivity index (χ0) is 18.5. The van der Waals surface area contributed by atoms with Gasteiger partial charge in [-0.1, -0.05) is 24.3 Å². The molecule has 0 saturated carbocycles. The highest BCUT2D eigenvalue weighted by atomic mass is 19.1. The van der Waals surface area contributed by atoms with Crippen LogP contribution in [0.15, 0.2) is 60.7 Å². The number of halogens is 1. The van der Waals surface area contributed by atoms with Crippen molar-refractivity contribution in [1.82, 2.24) is 15.0 Å². The Morgan fingerprint density at radius 3 is 2.67 bits per heavy atom. The molecule has 0 aliphatic rings. The molecule has 0 amide bonds. The molecule has 0 saturated heterocycles. The van der Waals surface area contributed by atoms with Crippen LogP contribution in [0.4, 0.5) is 4.39 Å². The van der Waals surface area contributed by atoms with Crippen LogP contribution >= 0.6 is 0 Å². The molecule has 3 heterocycles. The van der Waals surface area contributed by atoms with Crippen LogP contribution in [-0.2, 0) is 0 Å². The SMILES string of the molecule is O=C(O)c1cc2c([nH]c3cc(F)ccc32)c(-c2ccc3ccccc3n2)n1. The number of para-hydroxylation sites is 1. The summed E-state index contributed by atoms with van der Waals surface area (Å²) in [5.41, 5.74) is 2.88. The van der Waals surface area contributed by atoms with Gasteiger partial charge in [-0.25, -0.2) is 19.2 Å². The van der Waals surface area contributed by atoms with Gasteiger partial charge in [-0.05, 0) is 36.4 Å². The second-order valence-corrected chi connectivity index (χ2v) is 6.29. The van der Waals surface area contributed by atoms with E-state index in [0.29, 0.717) is 27.8 Å². The van der Waals surface area contributed by atoms with Crippen molar-refractivity contribution in [3.63, 3.8) is 0 Å². The maximum Gasteiger partial charge on any atom is 0.354 e. The number of carbonyl (C=O) groups is 1. The number of carboxylic acid groups (broad SMARTS) is 1. The molecule has 0 radical (unpaired) electrons. The average Bonchev–Trinajstić information content (AvgIpc) is 3.04. The molecule has 2 N–H and O–H groups in total. The molecule has 5 rings (SSSR count). The van der Waals surface area contributed by atoms with Gasteiger partial charge in [-0.3, -0.25) is 0 Å². The van der Waals surface area contributed by atoms with Crippen molar-refractivity contribution in [2.75, 3.05) is 0 Å². The van der Waals surface area contributed by atoms with E-state index in [9.17, 15) is 14.3 Å². The molecule has 5 aromatic rings. The quantitative estimate of drug-likeness (QED) is 0.477. The lowest BCUT2D eigenvalue weighted by Gasteiger charge is -2.06. The topological polar surface area (TPSA) is 78.9 Å². The van der Waals surface area contributed by atoms with Gasteiger partial charge in [-0.2, -0.15) is 0 Å². The minimum Gasteiger partial charge on any atom is -0.477 e. The highest BCUT2D eigenvalue weighted by Gasteiger charge is 2.17. The Bertz CT molecular complexity index is 1370.